The molecule has 0 saturated carbocycles. The van der Waals surface area contributed by atoms with Crippen LogP contribution in [0, 0.1) is 5.82 Å². The lowest BCUT2D eigenvalue weighted by Gasteiger charge is -2.08. The number of methoxy groups -OCH3 is 1. The minimum absolute atomic E-state index is 0.0900. The van der Waals surface area contributed by atoms with E-state index in [9.17, 15) is 9.18 Å². The van der Waals surface area contributed by atoms with Crippen molar-refractivity contribution in [1.29, 1.82) is 0 Å². The number of nitrogens with one attached hydrogen (secondary N) is 1. The van der Waals surface area contributed by atoms with Gasteiger partial charge in [-0.1, -0.05) is 42.1 Å². The van der Waals surface area contributed by atoms with Crippen LogP contribution in [0.15, 0.2) is 58.2 Å². The molecule has 3 aromatic rings. The maximum Gasteiger partial charge on any atom is 0.277 e. The van der Waals surface area contributed by atoms with E-state index in [2.05, 4.69) is 15.5 Å². The summed E-state index contributed by atoms with van der Waals surface area (Å²) in [7, 11) is 1.62. The summed E-state index contributed by atoms with van der Waals surface area (Å²) in [5.41, 5.74) is 1.26. The Bertz CT molecular complexity index is 916. The van der Waals surface area contributed by atoms with Crippen molar-refractivity contribution >= 4 is 17.7 Å². The van der Waals surface area contributed by atoms with Gasteiger partial charge in [0.15, 0.2) is 0 Å². The molecule has 0 radical (unpaired) electrons. The monoisotopic (exact) mass is 387 g/mol. The fourth-order valence-corrected chi connectivity index (χ4v) is 3.03. The molecule has 0 saturated heterocycles. The van der Waals surface area contributed by atoms with E-state index in [1.807, 2.05) is 24.3 Å². The first-order chi connectivity index (χ1) is 13.2. The fourth-order valence-electron chi connectivity index (χ4n) is 2.44. The van der Waals surface area contributed by atoms with Crippen LogP contribution in [0.3, 0.4) is 0 Å². The Morgan fingerprint density at radius 3 is 2.78 bits per heavy atom. The Morgan fingerprint density at radius 2 is 1.96 bits per heavy atom. The maximum absolute atomic E-state index is 13.7. The highest BCUT2D eigenvalue weighted by Gasteiger charge is 2.14. The van der Waals surface area contributed by atoms with Crippen molar-refractivity contribution in [1.82, 2.24) is 15.5 Å². The summed E-state index contributed by atoms with van der Waals surface area (Å²) in [6, 6.07) is 13.8. The standard InChI is InChI=1S/C19H18FN3O3S/c1-25-16-9-5-2-6-13(16)10-11-21-17(24)12-27-19-23-22-18(26-19)14-7-3-4-8-15(14)20/h2-9H,10-12H2,1H3,(H,21,24). The molecule has 8 heteroatoms. The highest BCUT2D eigenvalue weighted by atomic mass is 32.2. The van der Waals surface area contributed by atoms with Crippen LogP contribution in [0.4, 0.5) is 4.39 Å². The van der Waals surface area contributed by atoms with Gasteiger partial charge in [0, 0.05) is 6.54 Å². The molecule has 0 aliphatic heterocycles. The van der Waals surface area contributed by atoms with Crippen LogP contribution in [0.1, 0.15) is 5.56 Å². The first kappa shape index (κ1) is 18.9. The van der Waals surface area contributed by atoms with E-state index in [0.29, 0.717) is 13.0 Å². The number of thioether (sulfide) groups is 1. The predicted molar refractivity (Wildman–Crippen MR) is 100 cm³/mol. The largest absolute Gasteiger partial charge is 0.496 e. The van der Waals surface area contributed by atoms with Gasteiger partial charge < -0.3 is 14.5 Å². The summed E-state index contributed by atoms with van der Waals surface area (Å²) >= 11 is 1.10. The summed E-state index contributed by atoms with van der Waals surface area (Å²) in [5, 5.41) is 10.7. The molecule has 6 nitrogen and oxygen atoms in total. The highest BCUT2D eigenvalue weighted by molar-refractivity contribution is 7.99. The van der Waals surface area contributed by atoms with Crippen molar-refractivity contribution < 1.29 is 18.3 Å². The number of benzene rings is 2. The van der Waals surface area contributed by atoms with Gasteiger partial charge in [0.1, 0.15) is 11.6 Å². The van der Waals surface area contributed by atoms with Crippen LogP contribution >= 0.6 is 11.8 Å². The molecule has 1 heterocycles. The third-order valence-corrected chi connectivity index (χ3v) is 4.56. The van der Waals surface area contributed by atoms with Gasteiger partial charge in [0.05, 0.1) is 18.4 Å². The number of ether oxygens (including phenoxy) is 1. The van der Waals surface area contributed by atoms with Crippen LogP contribution in [0.25, 0.3) is 11.5 Å². The van der Waals surface area contributed by atoms with Gasteiger partial charge in [-0.3, -0.25) is 4.79 Å². The Hall–Kier alpha value is -2.87. The van der Waals surface area contributed by atoms with Crippen molar-refractivity contribution in [3.63, 3.8) is 0 Å². The molecule has 0 bridgehead atoms. The zero-order valence-corrected chi connectivity index (χ0v) is 15.5. The van der Waals surface area contributed by atoms with Gasteiger partial charge in [0.2, 0.25) is 5.91 Å². The molecule has 1 N–H and O–H groups in total. The number of rotatable bonds is 8. The number of hydrogen-bond acceptors (Lipinski definition) is 6. The lowest BCUT2D eigenvalue weighted by molar-refractivity contribution is -0.118. The van der Waals surface area contributed by atoms with Crippen molar-refractivity contribution in [3.05, 3.63) is 59.9 Å². The van der Waals surface area contributed by atoms with Crippen LogP contribution in [0.2, 0.25) is 0 Å². The molecule has 1 amide bonds. The molecular formula is C19H18FN3O3S. The van der Waals surface area contributed by atoms with Crippen LogP contribution in [-0.2, 0) is 11.2 Å². The number of carbonyl (C=O) groups is 1. The zero-order valence-electron chi connectivity index (χ0n) is 14.6. The molecule has 0 unspecified atom stereocenters. The highest BCUT2D eigenvalue weighted by Crippen LogP contribution is 2.25. The third kappa shape index (κ3) is 5.07. The minimum Gasteiger partial charge on any atom is -0.496 e. The summed E-state index contributed by atoms with van der Waals surface area (Å²) in [5.74, 6) is 0.428. The van der Waals surface area contributed by atoms with E-state index < -0.39 is 5.82 Å². The summed E-state index contributed by atoms with van der Waals surface area (Å²) < 4.78 is 24.4. The summed E-state index contributed by atoms with van der Waals surface area (Å²) in [6.45, 7) is 0.490. The van der Waals surface area contributed by atoms with Gasteiger partial charge in [-0.25, -0.2) is 4.39 Å². The Kier molecular flexibility index (Phi) is 6.43. The number of carbonyl (C=O) groups excluding carboxylic acids is 1. The van der Waals surface area contributed by atoms with E-state index >= 15 is 0 Å². The second-order valence-electron chi connectivity index (χ2n) is 5.55. The molecule has 1 aromatic heterocycles. The van der Waals surface area contributed by atoms with Crippen molar-refractivity contribution in [2.75, 3.05) is 19.4 Å². The molecule has 0 aliphatic carbocycles. The summed E-state index contributed by atoms with van der Waals surface area (Å²) in [4.78, 5) is 12.0. The lowest BCUT2D eigenvalue weighted by Crippen LogP contribution is -2.27. The zero-order chi connectivity index (χ0) is 19.1. The van der Waals surface area contributed by atoms with Crippen molar-refractivity contribution in [2.24, 2.45) is 0 Å². The average Bonchev–Trinajstić information content (AvgIpc) is 3.16. The predicted octanol–water partition coefficient (Wildman–Crippen LogP) is 3.34. The van der Waals surface area contributed by atoms with E-state index in [0.717, 1.165) is 23.1 Å². The molecule has 0 atom stereocenters. The van der Waals surface area contributed by atoms with Gasteiger partial charge >= 0.3 is 0 Å². The number of amides is 1. The number of aromatic nitrogens is 2. The van der Waals surface area contributed by atoms with Crippen LogP contribution in [0.5, 0.6) is 5.75 Å². The van der Waals surface area contributed by atoms with E-state index in [1.165, 1.54) is 6.07 Å². The first-order valence-corrected chi connectivity index (χ1v) is 9.25. The first-order valence-electron chi connectivity index (χ1n) is 8.27. The Morgan fingerprint density at radius 1 is 1.19 bits per heavy atom. The van der Waals surface area contributed by atoms with Crippen molar-refractivity contribution in [2.45, 2.75) is 11.6 Å². The summed E-state index contributed by atoms with van der Waals surface area (Å²) in [6.07, 6.45) is 0.665. The van der Waals surface area contributed by atoms with E-state index in [4.69, 9.17) is 9.15 Å². The third-order valence-electron chi connectivity index (χ3n) is 3.75. The number of nitrogens with zero attached hydrogens (tertiary/aromatic N) is 2. The molecular weight excluding hydrogens is 369 g/mol. The molecule has 0 fully saturated rings. The molecule has 2 aromatic carbocycles. The molecule has 3 rings (SSSR count). The number of para-hydroxylation sites is 1. The van der Waals surface area contributed by atoms with E-state index in [1.54, 1.807) is 25.3 Å². The van der Waals surface area contributed by atoms with E-state index in [-0.39, 0.29) is 28.3 Å². The SMILES string of the molecule is COc1ccccc1CCNC(=O)CSc1nnc(-c2ccccc2F)o1. The molecule has 27 heavy (non-hydrogen) atoms. The normalized spacial score (nSPS) is 10.6. The quantitative estimate of drug-likeness (QED) is 0.598. The lowest BCUT2D eigenvalue weighted by atomic mass is 10.1. The van der Waals surface area contributed by atoms with Gasteiger partial charge in [-0.2, -0.15) is 0 Å². The molecule has 140 valence electrons. The van der Waals surface area contributed by atoms with Gasteiger partial charge in [0.25, 0.3) is 11.1 Å². The fraction of sp³-hybridized carbons (Fsp3) is 0.211. The Balaban J connectivity index is 1.46. The van der Waals surface area contributed by atoms with Crippen LogP contribution in [-0.4, -0.2) is 35.5 Å². The van der Waals surface area contributed by atoms with Crippen LogP contribution < -0.4 is 10.1 Å². The smallest absolute Gasteiger partial charge is 0.277 e. The second-order valence-corrected chi connectivity index (χ2v) is 6.48. The second kappa shape index (κ2) is 9.18. The topological polar surface area (TPSA) is 77.2 Å². The number of hydrogen-bond donors (Lipinski definition) is 1. The molecule has 0 aliphatic rings. The average molecular weight is 387 g/mol. The molecule has 0 spiro atoms. The van der Waals surface area contributed by atoms with Gasteiger partial charge in [-0.15, -0.1) is 10.2 Å². The van der Waals surface area contributed by atoms with Gasteiger partial charge in [-0.05, 0) is 30.2 Å². The Labute approximate surface area is 160 Å². The van der Waals surface area contributed by atoms with Crippen molar-refractivity contribution in [3.8, 4) is 17.2 Å². The number of halogens is 1. The maximum atomic E-state index is 13.7. The minimum atomic E-state index is -0.438.